The molecule has 0 aliphatic heterocycles. The normalized spacial score (nSPS) is 5.89. The third-order valence-electron chi connectivity index (χ3n) is 0.453. The molecule has 0 rings (SSSR count). The quantitative estimate of drug-likeness (QED) is 0.432. The first-order valence-electron chi connectivity index (χ1n) is 2.10. The molecule has 0 atom stereocenters. The van der Waals surface area contributed by atoms with Gasteiger partial charge in [0.05, 0.1) is 6.61 Å². The van der Waals surface area contributed by atoms with Crippen LogP contribution in [0.1, 0.15) is 6.92 Å². The lowest BCUT2D eigenvalue weighted by Gasteiger charge is -1.90. The summed E-state index contributed by atoms with van der Waals surface area (Å²) in [5, 5.41) is 0. The molecule has 0 spiro atoms. The van der Waals surface area contributed by atoms with Crippen LogP contribution in [0.3, 0.4) is 0 Å². The Balaban J connectivity index is -0.000000180. The highest BCUT2D eigenvalue weighted by molar-refractivity contribution is 14.0. The van der Waals surface area contributed by atoms with E-state index in [2.05, 4.69) is 11.3 Å². The number of ether oxygens (including phenoxy) is 1. The summed E-state index contributed by atoms with van der Waals surface area (Å²) in [6, 6.07) is 0. The van der Waals surface area contributed by atoms with Gasteiger partial charge in [-0.1, -0.05) is 6.58 Å². The van der Waals surface area contributed by atoms with E-state index >= 15 is 0 Å². The van der Waals surface area contributed by atoms with Crippen LogP contribution in [0.2, 0.25) is 0 Å². The van der Waals surface area contributed by atoms with E-state index in [0.717, 1.165) is 6.08 Å². The van der Waals surface area contributed by atoms with Crippen molar-refractivity contribution in [2.75, 3.05) is 6.61 Å². The van der Waals surface area contributed by atoms with Crippen LogP contribution in [0, 0.1) is 0 Å². The maximum Gasteiger partial charge on any atom is 0.330 e. The average Bonchev–Trinajstić information content (AvgIpc) is 1.68. The zero-order valence-electron chi connectivity index (χ0n) is 5.12. The second-order valence-corrected chi connectivity index (χ2v) is 0.956. The summed E-state index contributed by atoms with van der Waals surface area (Å²) >= 11 is 0. The third kappa shape index (κ3) is 11.7. The molecule has 56 valence electrons. The first-order valence-corrected chi connectivity index (χ1v) is 2.10. The lowest BCUT2D eigenvalue weighted by Crippen LogP contribution is -1.97. The van der Waals surface area contributed by atoms with Crippen LogP contribution in [0.4, 0.5) is 0 Å². The number of carbonyl (C=O) groups excluding carboxylic acids is 1. The van der Waals surface area contributed by atoms with Crippen LogP contribution >= 0.6 is 36.4 Å². The molecule has 0 aromatic rings. The highest BCUT2D eigenvalue weighted by atomic mass is 127. The maximum absolute atomic E-state index is 10.1. The molecule has 0 saturated carbocycles. The Kier molecular flexibility index (Phi) is 19.8. The van der Waals surface area contributed by atoms with E-state index < -0.39 is 0 Å². The fourth-order valence-corrected chi connectivity index (χ4v) is 0.201. The standard InChI is InChI=1S/C5H8O2.ClH.HI/c1-3-5(6)7-4-2;;/h3H,1,4H2,2H3;2*1H. The molecular weight excluding hydrogens is 254 g/mol. The number of rotatable bonds is 2. The molecule has 9 heavy (non-hydrogen) atoms. The monoisotopic (exact) mass is 264 g/mol. The van der Waals surface area contributed by atoms with Crippen LogP contribution in [-0.4, -0.2) is 12.6 Å². The Morgan fingerprint density at radius 3 is 2.33 bits per heavy atom. The number of esters is 1. The number of halogens is 2. The molecule has 0 fully saturated rings. The number of carbonyl (C=O) groups is 1. The van der Waals surface area contributed by atoms with Crippen LogP contribution in [-0.2, 0) is 9.53 Å². The van der Waals surface area contributed by atoms with Gasteiger partial charge in [-0.3, -0.25) is 0 Å². The smallest absolute Gasteiger partial charge is 0.330 e. The van der Waals surface area contributed by atoms with E-state index in [9.17, 15) is 4.79 Å². The molecular formula is C5H10ClIO2. The molecule has 0 amide bonds. The van der Waals surface area contributed by atoms with Crippen molar-refractivity contribution in [2.24, 2.45) is 0 Å². The van der Waals surface area contributed by atoms with Crippen LogP contribution in [0.25, 0.3) is 0 Å². The second-order valence-electron chi connectivity index (χ2n) is 0.956. The summed E-state index contributed by atoms with van der Waals surface area (Å²) in [6.07, 6.45) is 1.14. The van der Waals surface area contributed by atoms with Crippen LogP contribution in [0.15, 0.2) is 12.7 Å². The lowest BCUT2D eigenvalue weighted by atomic mass is 10.6. The molecule has 4 heteroatoms. The fraction of sp³-hybridized carbons (Fsp3) is 0.400. The van der Waals surface area contributed by atoms with E-state index in [4.69, 9.17) is 0 Å². The Morgan fingerprint density at radius 1 is 1.78 bits per heavy atom. The Morgan fingerprint density at radius 2 is 2.22 bits per heavy atom. The molecule has 0 radical (unpaired) electrons. The van der Waals surface area contributed by atoms with Gasteiger partial charge in [-0.2, -0.15) is 0 Å². The van der Waals surface area contributed by atoms with Gasteiger partial charge in [0.25, 0.3) is 0 Å². The molecule has 0 aliphatic carbocycles. The first-order chi connectivity index (χ1) is 3.31. The van der Waals surface area contributed by atoms with Crippen molar-refractivity contribution in [3.8, 4) is 0 Å². The highest BCUT2D eigenvalue weighted by Crippen LogP contribution is 1.74. The minimum Gasteiger partial charge on any atom is -0.463 e. The average molecular weight is 264 g/mol. The Bertz CT molecular complexity index is 85.0. The van der Waals surface area contributed by atoms with Gasteiger partial charge < -0.3 is 4.74 Å². The molecule has 0 aromatic heterocycles. The molecule has 0 heterocycles. The van der Waals surface area contributed by atoms with Crippen molar-refractivity contribution in [1.29, 1.82) is 0 Å². The number of hydrogen-bond acceptors (Lipinski definition) is 2. The van der Waals surface area contributed by atoms with Crippen molar-refractivity contribution in [3.63, 3.8) is 0 Å². The molecule has 2 nitrogen and oxygen atoms in total. The predicted octanol–water partition coefficient (Wildman–Crippen LogP) is 1.78. The SMILES string of the molecule is C=CC(=O)OCC.Cl.I. The van der Waals surface area contributed by atoms with Gasteiger partial charge in [0.2, 0.25) is 0 Å². The minimum atomic E-state index is -0.359. The van der Waals surface area contributed by atoms with Crippen molar-refractivity contribution >= 4 is 42.4 Å². The summed E-state index contributed by atoms with van der Waals surface area (Å²) < 4.78 is 4.43. The molecule has 0 aliphatic rings. The zero-order chi connectivity index (χ0) is 5.70. The molecule has 0 bridgehead atoms. The molecule has 0 aromatic carbocycles. The zero-order valence-corrected chi connectivity index (χ0v) is 8.27. The van der Waals surface area contributed by atoms with Crippen molar-refractivity contribution in [3.05, 3.63) is 12.7 Å². The van der Waals surface area contributed by atoms with Gasteiger partial charge in [0.1, 0.15) is 0 Å². The van der Waals surface area contributed by atoms with E-state index in [1.165, 1.54) is 0 Å². The Hall–Kier alpha value is 0.230. The van der Waals surface area contributed by atoms with Crippen LogP contribution < -0.4 is 0 Å². The summed E-state index contributed by atoms with van der Waals surface area (Å²) in [6.45, 7) is 5.38. The van der Waals surface area contributed by atoms with Crippen molar-refractivity contribution in [2.45, 2.75) is 6.92 Å². The second kappa shape index (κ2) is 11.1. The summed E-state index contributed by atoms with van der Waals surface area (Å²) in [4.78, 5) is 10.1. The van der Waals surface area contributed by atoms with Gasteiger partial charge >= 0.3 is 5.97 Å². The summed E-state index contributed by atoms with van der Waals surface area (Å²) in [5.74, 6) is -0.359. The van der Waals surface area contributed by atoms with Crippen molar-refractivity contribution < 1.29 is 9.53 Å². The third-order valence-corrected chi connectivity index (χ3v) is 0.453. The highest BCUT2D eigenvalue weighted by Gasteiger charge is 1.86. The van der Waals surface area contributed by atoms with Crippen molar-refractivity contribution in [1.82, 2.24) is 0 Å². The molecule has 0 N–H and O–H groups in total. The first kappa shape index (κ1) is 16.1. The van der Waals surface area contributed by atoms with Gasteiger partial charge in [-0.05, 0) is 6.92 Å². The van der Waals surface area contributed by atoms with E-state index in [-0.39, 0.29) is 42.4 Å². The minimum absolute atomic E-state index is 0. The fourth-order valence-electron chi connectivity index (χ4n) is 0.201. The maximum atomic E-state index is 10.1. The summed E-state index contributed by atoms with van der Waals surface area (Å²) in [7, 11) is 0. The topological polar surface area (TPSA) is 26.3 Å². The van der Waals surface area contributed by atoms with Gasteiger partial charge in [0, 0.05) is 6.08 Å². The molecule has 0 unspecified atom stereocenters. The largest absolute Gasteiger partial charge is 0.463 e. The number of hydrogen-bond donors (Lipinski definition) is 0. The van der Waals surface area contributed by atoms with Gasteiger partial charge in [0.15, 0.2) is 0 Å². The van der Waals surface area contributed by atoms with E-state index in [1.807, 2.05) is 0 Å². The van der Waals surface area contributed by atoms with E-state index in [0.29, 0.717) is 6.61 Å². The van der Waals surface area contributed by atoms with Gasteiger partial charge in [-0.15, -0.1) is 36.4 Å². The molecule has 0 saturated heterocycles. The van der Waals surface area contributed by atoms with Crippen LogP contribution in [0.5, 0.6) is 0 Å². The lowest BCUT2D eigenvalue weighted by molar-refractivity contribution is -0.137. The Labute approximate surface area is 78.1 Å². The van der Waals surface area contributed by atoms with E-state index in [1.54, 1.807) is 6.92 Å². The predicted molar refractivity (Wildman–Crippen MR) is 49.5 cm³/mol. The van der Waals surface area contributed by atoms with Gasteiger partial charge in [-0.25, -0.2) is 4.79 Å². The summed E-state index contributed by atoms with van der Waals surface area (Å²) in [5.41, 5.74) is 0.